The molecule has 0 radical (unpaired) electrons. The van der Waals surface area contributed by atoms with E-state index in [4.69, 9.17) is 9.47 Å². The van der Waals surface area contributed by atoms with Crippen molar-refractivity contribution in [2.24, 2.45) is 0 Å². The van der Waals surface area contributed by atoms with Crippen LogP contribution in [0.3, 0.4) is 0 Å². The third-order valence-electron chi connectivity index (χ3n) is 3.59. The molecule has 0 unspecified atom stereocenters. The Morgan fingerprint density at radius 2 is 1.88 bits per heavy atom. The van der Waals surface area contributed by atoms with Crippen molar-refractivity contribution in [3.8, 4) is 11.5 Å². The Kier molecular flexibility index (Phi) is 5.94. The lowest BCUT2D eigenvalue weighted by Gasteiger charge is -2.11. The molecule has 1 N–H and O–H groups in total. The van der Waals surface area contributed by atoms with E-state index in [1.807, 2.05) is 24.3 Å². The number of benzene rings is 2. The average molecular weight is 344 g/mol. The number of anilines is 1. The van der Waals surface area contributed by atoms with Gasteiger partial charge >= 0.3 is 0 Å². The Balaban J connectivity index is 1.97. The average Bonchev–Trinajstić information content (AvgIpc) is 2.60. The van der Waals surface area contributed by atoms with E-state index in [0.29, 0.717) is 17.4 Å². The fourth-order valence-corrected chi connectivity index (χ4v) is 2.18. The lowest BCUT2D eigenvalue weighted by molar-refractivity contribution is -0.384. The summed E-state index contributed by atoms with van der Waals surface area (Å²) in [4.78, 5) is 22.3. The van der Waals surface area contributed by atoms with E-state index in [1.165, 1.54) is 30.9 Å². The van der Waals surface area contributed by atoms with Crippen LogP contribution in [-0.2, 0) is 4.79 Å². The molecule has 0 heterocycles. The number of hydrogen-bond acceptors (Lipinski definition) is 5. The fraction of sp³-hybridized carbons (Fsp3) is 0.278. The summed E-state index contributed by atoms with van der Waals surface area (Å²) >= 11 is 0. The van der Waals surface area contributed by atoms with Gasteiger partial charge in [0.25, 0.3) is 11.6 Å². The second kappa shape index (κ2) is 8.14. The predicted octanol–water partition coefficient (Wildman–Crippen LogP) is 3.74. The highest BCUT2D eigenvalue weighted by Crippen LogP contribution is 2.29. The van der Waals surface area contributed by atoms with Gasteiger partial charge in [-0.2, -0.15) is 0 Å². The molecule has 0 aromatic heterocycles. The number of carbonyl (C=O) groups excluding carboxylic acids is 1. The summed E-state index contributed by atoms with van der Waals surface area (Å²) in [7, 11) is 1.38. The van der Waals surface area contributed by atoms with Crippen LogP contribution >= 0.6 is 0 Å². The number of hydrogen-bond donors (Lipinski definition) is 1. The maximum Gasteiger partial charge on any atom is 0.273 e. The minimum atomic E-state index is -0.530. The molecule has 0 atom stereocenters. The van der Waals surface area contributed by atoms with Gasteiger partial charge in [-0.3, -0.25) is 14.9 Å². The number of nitrogens with one attached hydrogen (secondary N) is 1. The SMILES string of the molecule is COc1cc([N+](=O)[O-])ccc1NC(=O)COc1ccc(C(C)C)cc1. The van der Waals surface area contributed by atoms with Crippen molar-refractivity contribution in [2.75, 3.05) is 19.0 Å². The van der Waals surface area contributed by atoms with Crippen LogP contribution in [0.2, 0.25) is 0 Å². The van der Waals surface area contributed by atoms with Crippen molar-refractivity contribution < 1.29 is 19.2 Å². The van der Waals surface area contributed by atoms with Gasteiger partial charge in [0.05, 0.1) is 23.8 Å². The molecule has 0 aliphatic carbocycles. The molecule has 0 saturated carbocycles. The minimum Gasteiger partial charge on any atom is -0.494 e. The highest BCUT2D eigenvalue weighted by Gasteiger charge is 2.13. The van der Waals surface area contributed by atoms with E-state index in [2.05, 4.69) is 19.2 Å². The van der Waals surface area contributed by atoms with Crippen LogP contribution in [0.4, 0.5) is 11.4 Å². The van der Waals surface area contributed by atoms with Gasteiger partial charge in [-0.1, -0.05) is 26.0 Å². The smallest absolute Gasteiger partial charge is 0.273 e. The number of nitro benzene ring substituents is 1. The van der Waals surface area contributed by atoms with Gasteiger partial charge in [0.1, 0.15) is 11.5 Å². The van der Waals surface area contributed by atoms with E-state index in [0.717, 1.165) is 0 Å². The summed E-state index contributed by atoms with van der Waals surface area (Å²) < 4.78 is 10.5. The van der Waals surface area contributed by atoms with Gasteiger partial charge in [-0.25, -0.2) is 0 Å². The van der Waals surface area contributed by atoms with Crippen molar-refractivity contribution in [1.29, 1.82) is 0 Å². The van der Waals surface area contributed by atoms with E-state index in [9.17, 15) is 14.9 Å². The summed E-state index contributed by atoms with van der Waals surface area (Å²) in [5.41, 5.74) is 1.42. The Labute approximate surface area is 145 Å². The summed E-state index contributed by atoms with van der Waals surface area (Å²) in [6.07, 6.45) is 0. The monoisotopic (exact) mass is 344 g/mol. The first-order valence-electron chi connectivity index (χ1n) is 7.75. The first kappa shape index (κ1) is 18.3. The predicted molar refractivity (Wildman–Crippen MR) is 94.3 cm³/mol. The second-order valence-corrected chi connectivity index (χ2v) is 5.70. The van der Waals surface area contributed by atoms with E-state index in [1.54, 1.807) is 0 Å². The Hall–Kier alpha value is -3.09. The molecule has 0 bridgehead atoms. The largest absolute Gasteiger partial charge is 0.494 e. The number of non-ortho nitro benzene ring substituents is 1. The molecule has 7 heteroatoms. The number of methoxy groups -OCH3 is 1. The number of amides is 1. The zero-order valence-electron chi connectivity index (χ0n) is 14.3. The van der Waals surface area contributed by atoms with Crippen LogP contribution in [0, 0.1) is 10.1 Å². The molecular weight excluding hydrogens is 324 g/mol. The maximum absolute atomic E-state index is 12.0. The Bertz CT molecular complexity index is 757. The van der Waals surface area contributed by atoms with Crippen LogP contribution in [0.1, 0.15) is 25.3 Å². The first-order valence-corrected chi connectivity index (χ1v) is 7.75. The Morgan fingerprint density at radius 3 is 2.44 bits per heavy atom. The third-order valence-corrected chi connectivity index (χ3v) is 3.59. The van der Waals surface area contributed by atoms with Crippen LogP contribution in [0.25, 0.3) is 0 Å². The molecule has 2 aromatic rings. The van der Waals surface area contributed by atoms with Crippen molar-refractivity contribution >= 4 is 17.3 Å². The lowest BCUT2D eigenvalue weighted by Crippen LogP contribution is -2.20. The molecule has 0 aliphatic rings. The van der Waals surface area contributed by atoms with Crippen molar-refractivity contribution in [1.82, 2.24) is 0 Å². The highest BCUT2D eigenvalue weighted by atomic mass is 16.6. The van der Waals surface area contributed by atoms with Crippen LogP contribution in [-0.4, -0.2) is 24.5 Å². The normalized spacial score (nSPS) is 10.4. The summed E-state index contributed by atoms with van der Waals surface area (Å²) in [5, 5.41) is 13.4. The number of ether oxygens (including phenoxy) is 2. The quantitative estimate of drug-likeness (QED) is 0.610. The van der Waals surface area contributed by atoms with E-state index in [-0.39, 0.29) is 24.0 Å². The number of rotatable bonds is 7. The number of nitrogens with zero attached hydrogens (tertiary/aromatic N) is 1. The topological polar surface area (TPSA) is 90.7 Å². The molecular formula is C18H20N2O5. The van der Waals surface area contributed by atoms with Crippen LogP contribution < -0.4 is 14.8 Å². The molecule has 0 aliphatic heterocycles. The van der Waals surface area contributed by atoms with Gasteiger partial charge in [-0.15, -0.1) is 0 Å². The Morgan fingerprint density at radius 1 is 1.20 bits per heavy atom. The molecule has 25 heavy (non-hydrogen) atoms. The van der Waals surface area contributed by atoms with Gasteiger partial charge in [0, 0.05) is 6.07 Å². The summed E-state index contributed by atoms with van der Waals surface area (Å²) in [5.74, 6) is 0.839. The zero-order chi connectivity index (χ0) is 18.4. The molecule has 2 aromatic carbocycles. The number of nitro groups is 1. The summed E-state index contributed by atoms with van der Waals surface area (Å²) in [6.45, 7) is 4.02. The van der Waals surface area contributed by atoms with Gasteiger partial charge in [0.2, 0.25) is 0 Å². The van der Waals surface area contributed by atoms with Gasteiger partial charge < -0.3 is 14.8 Å². The molecule has 0 fully saturated rings. The van der Waals surface area contributed by atoms with E-state index < -0.39 is 4.92 Å². The van der Waals surface area contributed by atoms with Crippen LogP contribution in [0.5, 0.6) is 11.5 Å². The zero-order valence-corrected chi connectivity index (χ0v) is 14.3. The lowest BCUT2D eigenvalue weighted by atomic mass is 10.0. The van der Waals surface area contributed by atoms with Gasteiger partial charge in [0.15, 0.2) is 6.61 Å². The fourth-order valence-electron chi connectivity index (χ4n) is 2.18. The summed E-state index contributed by atoms with van der Waals surface area (Å²) in [6, 6.07) is 11.5. The minimum absolute atomic E-state index is 0.114. The van der Waals surface area contributed by atoms with Crippen molar-refractivity contribution in [3.05, 3.63) is 58.1 Å². The standard InChI is InChI=1S/C18H20N2O5/c1-12(2)13-4-7-15(8-5-13)25-11-18(21)19-16-9-6-14(20(22)23)10-17(16)24-3/h4-10,12H,11H2,1-3H3,(H,19,21). The van der Waals surface area contributed by atoms with Crippen molar-refractivity contribution in [3.63, 3.8) is 0 Å². The van der Waals surface area contributed by atoms with E-state index >= 15 is 0 Å². The number of carbonyl (C=O) groups is 1. The molecule has 1 amide bonds. The van der Waals surface area contributed by atoms with Gasteiger partial charge in [-0.05, 0) is 29.7 Å². The molecule has 7 nitrogen and oxygen atoms in total. The molecule has 2 rings (SSSR count). The maximum atomic E-state index is 12.0. The second-order valence-electron chi connectivity index (χ2n) is 5.70. The molecule has 0 saturated heterocycles. The highest BCUT2D eigenvalue weighted by molar-refractivity contribution is 5.93. The molecule has 132 valence electrons. The van der Waals surface area contributed by atoms with Crippen LogP contribution in [0.15, 0.2) is 42.5 Å². The molecule has 0 spiro atoms. The van der Waals surface area contributed by atoms with Crippen molar-refractivity contribution in [2.45, 2.75) is 19.8 Å². The first-order chi connectivity index (χ1) is 11.9. The third kappa shape index (κ3) is 4.94.